The van der Waals surface area contributed by atoms with Crippen LogP contribution in [-0.2, 0) is 4.79 Å². The number of carboxylic acids is 1. The zero-order valence-corrected chi connectivity index (χ0v) is 12.2. The van der Waals surface area contributed by atoms with Gasteiger partial charge in [-0.05, 0) is 43.3 Å². The van der Waals surface area contributed by atoms with E-state index in [9.17, 15) is 9.90 Å². The van der Waals surface area contributed by atoms with Crippen LogP contribution in [0, 0.1) is 5.41 Å². The van der Waals surface area contributed by atoms with E-state index in [1.54, 1.807) is 0 Å². The Balaban J connectivity index is 2.11. The molecule has 1 fully saturated rings. The van der Waals surface area contributed by atoms with Gasteiger partial charge >= 0.3 is 5.97 Å². The third-order valence-electron chi connectivity index (χ3n) is 4.13. The second-order valence-electron chi connectivity index (χ2n) is 5.02. The number of likely N-dealkylation sites (tertiary alicyclic amines) is 1. The summed E-state index contributed by atoms with van der Waals surface area (Å²) in [6.07, 6.45) is 1.43. The molecule has 1 N–H and O–H groups in total. The van der Waals surface area contributed by atoms with Gasteiger partial charge in [0.1, 0.15) is 0 Å². The standard InChI is InChI=1S/C13H18ClNO2S/c1-3-13(12(16)17)4-5-15(8-13)9(2)10-6-11(14)18-7-10/h6-7,9H,3-5,8H2,1-2H3,(H,16,17). The molecular weight excluding hydrogens is 270 g/mol. The molecule has 1 aromatic rings. The smallest absolute Gasteiger partial charge is 0.310 e. The van der Waals surface area contributed by atoms with Gasteiger partial charge in [0, 0.05) is 12.6 Å². The van der Waals surface area contributed by atoms with Gasteiger partial charge in [-0.15, -0.1) is 11.3 Å². The highest BCUT2D eigenvalue weighted by Crippen LogP contribution is 2.39. The summed E-state index contributed by atoms with van der Waals surface area (Å²) < 4.78 is 0.788. The molecule has 0 bridgehead atoms. The molecule has 2 heterocycles. The van der Waals surface area contributed by atoms with Crippen molar-refractivity contribution in [2.45, 2.75) is 32.7 Å². The lowest BCUT2D eigenvalue weighted by atomic mass is 9.84. The lowest BCUT2D eigenvalue weighted by Gasteiger charge is -2.27. The molecule has 2 atom stereocenters. The first-order valence-electron chi connectivity index (χ1n) is 6.20. The fraction of sp³-hybridized carbons (Fsp3) is 0.615. The van der Waals surface area contributed by atoms with Gasteiger partial charge in [-0.2, -0.15) is 0 Å². The molecule has 100 valence electrons. The maximum Gasteiger partial charge on any atom is 0.310 e. The zero-order chi connectivity index (χ0) is 13.3. The van der Waals surface area contributed by atoms with E-state index in [0.717, 1.165) is 17.3 Å². The largest absolute Gasteiger partial charge is 0.481 e. The molecular formula is C13H18ClNO2S. The minimum absolute atomic E-state index is 0.238. The number of aliphatic carboxylic acids is 1. The van der Waals surface area contributed by atoms with Crippen molar-refractivity contribution in [3.05, 3.63) is 21.3 Å². The highest BCUT2D eigenvalue weighted by molar-refractivity contribution is 7.14. The normalized spacial score (nSPS) is 26.4. The van der Waals surface area contributed by atoms with Crippen LogP contribution in [-0.4, -0.2) is 29.1 Å². The second kappa shape index (κ2) is 5.19. The van der Waals surface area contributed by atoms with Crippen LogP contribution >= 0.6 is 22.9 Å². The van der Waals surface area contributed by atoms with Crippen molar-refractivity contribution in [2.75, 3.05) is 13.1 Å². The highest BCUT2D eigenvalue weighted by atomic mass is 35.5. The molecule has 2 unspecified atom stereocenters. The minimum Gasteiger partial charge on any atom is -0.481 e. The van der Waals surface area contributed by atoms with Gasteiger partial charge in [0.05, 0.1) is 9.75 Å². The predicted octanol–water partition coefficient (Wildman–Crippen LogP) is 3.65. The Morgan fingerprint density at radius 1 is 1.72 bits per heavy atom. The van der Waals surface area contributed by atoms with Crippen molar-refractivity contribution in [3.63, 3.8) is 0 Å². The van der Waals surface area contributed by atoms with Crippen LogP contribution in [0.1, 0.15) is 38.3 Å². The van der Waals surface area contributed by atoms with E-state index in [2.05, 4.69) is 17.2 Å². The van der Waals surface area contributed by atoms with Gasteiger partial charge in [0.15, 0.2) is 0 Å². The first kappa shape index (κ1) is 13.8. The number of carbonyl (C=O) groups is 1. The summed E-state index contributed by atoms with van der Waals surface area (Å²) in [4.78, 5) is 13.7. The SMILES string of the molecule is CCC1(C(=O)O)CCN(C(C)c2csc(Cl)c2)C1. The van der Waals surface area contributed by atoms with Crippen LogP contribution < -0.4 is 0 Å². The summed E-state index contributed by atoms with van der Waals surface area (Å²) in [7, 11) is 0. The highest BCUT2D eigenvalue weighted by Gasteiger charge is 2.44. The maximum absolute atomic E-state index is 11.4. The molecule has 18 heavy (non-hydrogen) atoms. The monoisotopic (exact) mass is 287 g/mol. The van der Waals surface area contributed by atoms with E-state index < -0.39 is 11.4 Å². The zero-order valence-electron chi connectivity index (χ0n) is 10.6. The molecule has 0 radical (unpaired) electrons. The van der Waals surface area contributed by atoms with Crippen LogP contribution in [0.15, 0.2) is 11.4 Å². The molecule has 2 rings (SSSR count). The Kier molecular flexibility index (Phi) is 3.99. The van der Waals surface area contributed by atoms with Crippen LogP contribution in [0.4, 0.5) is 0 Å². The molecule has 0 spiro atoms. The number of halogens is 1. The lowest BCUT2D eigenvalue weighted by molar-refractivity contribution is -0.148. The van der Waals surface area contributed by atoms with Crippen LogP contribution in [0.25, 0.3) is 0 Å². The van der Waals surface area contributed by atoms with Gasteiger partial charge < -0.3 is 5.11 Å². The summed E-state index contributed by atoms with van der Waals surface area (Å²) in [6.45, 7) is 5.55. The molecule has 1 aromatic heterocycles. The fourth-order valence-electron chi connectivity index (χ4n) is 2.60. The van der Waals surface area contributed by atoms with E-state index in [1.165, 1.54) is 16.9 Å². The molecule has 5 heteroatoms. The lowest BCUT2D eigenvalue weighted by Crippen LogP contribution is -2.34. The number of hydrogen-bond acceptors (Lipinski definition) is 3. The summed E-state index contributed by atoms with van der Waals surface area (Å²) in [5.74, 6) is -0.664. The van der Waals surface area contributed by atoms with Crippen molar-refractivity contribution in [1.29, 1.82) is 0 Å². The Bertz CT molecular complexity index is 448. The average molecular weight is 288 g/mol. The summed E-state index contributed by atoms with van der Waals surface area (Å²) in [5.41, 5.74) is 0.621. The molecule has 3 nitrogen and oxygen atoms in total. The molecule has 0 saturated carbocycles. The third-order valence-corrected chi connectivity index (χ3v) is 5.24. The van der Waals surface area contributed by atoms with Crippen molar-refractivity contribution in [3.8, 4) is 0 Å². The van der Waals surface area contributed by atoms with Gasteiger partial charge in [-0.1, -0.05) is 18.5 Å². The van der Waals surface area contributed by atoms with Crippen LogP contribution in [0.2, 0.25) is 4.34 Å². The molecule has 1 aliphatic rings. The first-order valence-corrected chi connectivity index (χ1v) is 7.45. The van der Waals surface area contributed by atoms with E-state index >= 15 is 0 Å². The van der Waals surface area contributed by atoms with Gasteiger partial charge in [-0.25, -0.2) is 0 Å². The molecule has 0 aliphatic carbocycles. The molecule has 0 aromatic carbocycles. The third kappa shape index (κ3) is 2.42. The summed E-state index contributed by atoms with van der Waals surface area (Å²) in [6, 6.07) is 2.21. The van der Waals surface area contributed by atoms with E-state index in [1.807, 2.05) is 13.0 Å². The van der Waals surface area contributed by atoms with Gasteiger partial charge in [0.2, 0.25) is 0 Å². The Labute approximate surface area is 116 Å². The Morgan fingerprint density at radius 2 is 2.44 bits per heavy atom. The molecule has 1 aliphatic heterocycles. The molecule has 1 saturated heterocycles. The summed E-state index contributed by atoms with van der Waals surface area (Å²) in [5, 5.41) is 11.4. The molecule has 0 amide bonds. The number of nitrogens with zero attached hydrogens (tertiary/aromatic N) is 1. The fourth-order valence-corrected chi connectivity index (χ4v) is 3.58. The number of carboxylic acid groups (broad SMARTS) is 1. The Morgan fingerprint density at radius 3 is 2.89 bits per heavy atom. The summed E-state index contributed by atoms with van der Waals surface area (Å²) >= 11 is 7.48. The quantitative estimate of drug-likeness (QED) is 0.919. The maximum atomic E-state index is 11.4. The number of hydrogen-bond donors (Lipinski definition) is 1. The number of thiophene rings is 1. The van der Waals surface area contributed by atoms with Crippen molar-refractivity contribution in [1.82, 2.24) is 4.90 Å². The average Bonchev–Trinajstić information content (AvgIpc) is 2.95. The van der Waals surface area contributed by atoms with Crippen molar-refractivity contribution in [2.24, 2.45) is 5.41 Å². The van der Waals surface area contributed by atoms with Crippen LogP contribution in [0.5, 0.6) is 0 Å². The first-order chi connectivity index (χ1) is 8.48. The van der Waals surface area contributed by atoms with E-state index in [0.29, 0.717) is 13.0 Å². The minimum atomic E-state index is -0.664. The second-order valence-corrected chi connectivity index (χ2v) is 6.56. The van der Waals surface area contributed by atoms with Gasteiger partial charge in [0.25, 0.3) is 0 Å². The van der Waals surface area contributed by atoms with Crippen molar-refractivity contribution < 1.29 is 9.90 Å². The topological polar surface area (TPSA) is 40.5 Å². The number of rotatable bonds is 4. The Hall–Kier alpha value is -0.580. The van der Waals surface area contributed by atoms with Crippen molar-refractivity contribution >= 4 is 28.9 Å². The predicted molar refractivity (Wildman–Crippen MR) is 74.3 cm³/mol. The van der Waals surface area contributed by atoms with E-state index in [4.69, 9.17) is 11.6 Å². The van der Waals surface area contributed by atoms with Gasteiger partial charge in [-0.3, -0.25) is 9.69 Å². The van der Waals surface area contributed by atoms with Crippen LogP contribution in [0.3, 0.4) is 0 Å². The van der Waals surface area contributed by atoms with E-state index in [-0.39, 0.29) is 6.04 Å².